The lowest BCUT2D eigenvalue weighted by atomic mass is 10.0. The molecule has 0 atom stereocenters. The van der Waals surface area contributed by atoms with Crippen LogP contribution in [-0.2, 0) is 13.1 Å². The number of nitrogens with zero attached hydrogens (tertiary/aromatic N) is 3. The lowest BCUT2D eigenvalue weighted by molar-refractivity contribution is 0.628. The summed E-state index contributed by atoms with van der Waals surface area (Å²) in [5.74, 6) is -0.269. The largest absolute Gasteiger partial charge is 0.338 e. The van der Waals surface area contributed by atoms with Crippen molar-refractivity contribution in [3.63, 3.8) is 0 Å². The molecule has 0 aliphatic carbocycles. The molecule has 7 aromatic rings. The van der Waals surface area contributed by atoms with Gasteiger partial charge in [-0.1, -0.05) is 48.5 Å². The maximum atomic E-state index is 13.9. The molecule has 3 N–H and O–H groups in total. The van der Waals surface area contributed by atoms with Crippen LogP contribution in [0, 0.1) is 5.82 Å². The minimum absolute atomic E-state index is 0.269. The number of hydrogen-bond donors (Lipinski definition) is 3. The van der Waals surface area contributed by atoms with Crippen LogP contribution in [0.4, 0.5) is 4.39 Å². The average Bonchev–Trinajstić information content (AvgIpc) is 3.62. The van der Waals surface area contributed by atoms with E-state index in [1.165, 1.54) is 17.7 Å². The summed E-state index contributed by atoms with van der Waals surface area (Å²) in [4.78, 5) is 12.4. The number of benzene rings is 3. The maximum Gasteiger partial charge on any atom is 0.138 e. The Balaban J connectivity index is 1.20. The zero-order chi connectivity index (χ0) is 26.9. The van der Waals surface area contributed by atoms with Crippen LogP contribution in [0.3, 0.4) is 0 Å². The van der Waals surface area contributed by atoms with Gasteiger partial charge < -0.3 is 10.3 Å². The molecule has 0 saturated heterocycles. The fourth-order valence-electron chi connectivity index (χ4n) is 5.15. The summed E-state index contributed by atoms with van der Waals surface area (Å²) in [6.07, 6.45) is 5.52. The van der Waals surface area contributed by atoms with Gasteiger partial charge in [-0.25, -0.2) is 9.37 Å². The fourth-order valence-corrected chi connectivity index (χ4v) is 5.15. The van der Waals surface area contributed by atoms with E-state index in [0.717, 1.165) is 74.2 Å². The Morgan fingerprint density at radius 2 is 1.62 bits per heavy atom. The Morgan fingerprint density at radius 1 is 0.725 bits per heavy atom. The molecule has 0 aliphatic rings. The molecule has 40 heavy (non-hydrogen) atoms. The van der Waals surface area contributed by atoms with Gasteiger partial charge in [0, 0.05) is 48.0 Å². The Bertz CT molecular complexity index is 1960. The molecular weight excluding hydrogens is 499 g/mol. The molecule has 7 heteroatoms. The van der Waals surface area contributed by atoms with Gasteiger partial charge in [0.05, 0.1) is 11.2 Å². The average molecular weight is 525 g/mol. The third-order valence-corrected chi connectivity index (χ3v) is 7.11. The Hall–Kier alpha value is -5.14. The van der Waals surface area contributed by atoms with Crippen molar-refractivity contribution in [2.24, 2.45) is 0 Å². The first-order valence-electron chi connectivity index (χ1n) is 13.1. The SMILES string of the molecule is Fc1cccc(-c2ccnc3[nH]c(-c4n[nH]c5ccc(-c6cncc(CNCc7ccccc7)c6)cc45)cc23)c1. The highest BCUT2D eigenvalue weighted by atomic mass is 19.1. The molecular formula is C33H25FN6. The van der Waals surface area contributed by atoms with E-state index in [4.69, 9.17) is 0 Å². The number of H-pyrrole nitrogens is 2. The van der Waals surface area contributed by atoms with Gasteiger partial charge in [0.1, 0.15) is 17.2 Å². The molecule has 0 radical (unpaired) electrons. The standard InChI is InChI=1S/C33H25FN6/c34-26-8-4-7-24(14-26)27-11-12-37-33-28(27)16-31(38-33)32-29-15-23(9-10-30(29)39-40-32)25-13-22(19-36-20-25)18-35-17-21-5-2-1-3-6-21/h1-16,19-20,35H,17-18H2,(H,37,38)(H,39,40). The van der Waals surface area contributed by atoms with Crippen LogP contribution in [0.5, 0.6) is 0 Å². The van der Waals surface area contributed by atoms with E-state index >= 15 is 0 Å². The minimum Gasteiger partial charge on any atom is -0.338 e. The molecule has 0 aliphatic heterocycles. The molecule has 6 nitrogen and oxygen atoms in total. The monoisotopic (exact) mass is 524 g/mol. The third-order valence-electron chi connectivity index (χ3n) is 7.11. The zero-order valence-corrected chi connectivity index (χ0v) is 21.5. The summed E-state index contributed by atoms with van der Waals surface area (Å²) in [6, 6.07) is 29.3. The van der Waals surface area contributed by atoms with Gasteiger partial charge in [0.2, 0.25) is 0 Å². The van der Waals surface area contributed by atoms with Crippen LogP contribution in [0.25, 0.3) is 55.6 Å². The first-order valence-corrected chi connectivity index (χ1v) is 13.1. The van der Waals surface area contributed by atoms with Gasteiger partial charge in [-0.05, 0) is 70.3 Å². The van der Waals surface area contributed by atoms with Gasteiger partial charge >= 0.3 is 0 Å². The normalized spacial score (nSPS) is 11.4. The minimum atomic E-state index is -0.269. The molecule has 0 spiro atoms. The van der Waals surface area contributed by atoms with Crippen molar-refractivity contribution < 1.29 is 4.39 Å². The second-order valence-electron chi connectivity index (χ2n) is 9.82. The number of aromatic amines is 2. The number of hydrogen-bond acceptors (Lipinski definition) is 4. The van der Waals surface area contributed by atoms with E-state index < -0.39 is 0 Å². The predicted octanol–water partition coefficient (Wildman–Crippen LogP) is 7.26. The van der Waals surface area contributed by atoms with Crippen molar-refractivity contribution in [1.82, 2.24) is 30.5 Å². The Morgan fingerprint density at radius 3 is 2.52 bits per heavy atom. The van der Waals surface area contributed by atoms with E-state index in [1.807, 2.05) is 42.7 Å². The van der Waals surface area contributed by atoms with Crippen LogP contribution >= 0.6 is 0 Å². The van der Waals surface area contributed by atoms with E-state index in [-0.39, 0.29) is 5.82 Å². The van der Waals surface area contributed by atoms with Crippen molar-refractivity contribution >= 4 is 21.9 Å². The van der Waals surface area contributed by atoms with Crippen LogP contribution in [0.2, 0.25) is 0 Å². The summed E-state index contributed by atoms with van der Waals surface area (Å²) in [7, 11) is 0. The molecule has 0 fully saturated rings. The quantitative estimate of drug-likeness (QED) is 0.205. The van der Waals surface area contributed by atoms with Crippen molar-refractivity contribution in [3.8, 4) is 33.6 Å². The van der Waals surface area contributed by atoms with Gasteiger partial charge in [0.15, 0.2) is 0 Å². The van der Waals surface area contributed by atoms with Gasteiger partial charge in [-0.3, -0.25) is 10.1 Å². The molecule has 0 unspecified atom stereocenters. The lowest BCUT2D eigenvalue weighted by Gasteiger charge is -2.08. The second-order valence-corrected chi connectivity index (χ2v) is 9.82. The molecule has 7 rings (SSSR count). The lowest BCUT2D eigenvalue weighted by Crippen LogP contribution is -2.12. The van der Waals surface area contributed by atoms with E-state index in [0.29, 0.717) is 0 Å². The van der Waals surface area contributed by atoms with Crippen LogP contribution in [-0.4, -0.2) is 25.1 Å². The number of halogens is 1. The van der Waals surface area contributed by atoms with Crippen LogP contribution in [0.15, 0.2) is 110 Å². The predicted molar refractivity (Wildman–Crippen MR) is 157 cm³/mol. The molecule has 0 bridgehead atoms. The van der Waals surface area contributed by atoms with E-state index in [9.17, 15) is 4.39 Å². The fraction of sp³-hybridized carbons (Fsp3) is 0.0606. The van der Waals surface area contributed by atoms with Gasteiger partial charge in [-0.2, -0.15) is 5.10 Å². The smallest absolute Gasteiger partial charge is 0.138 e. The third kappa shape index (κ3) is 4.63. The number of rotatable bonds is 7. The topological polar surface area (TPSA) is 82.3 Å². The van der Waals surface area contributed by atoms with Crippen molar-refractivity contribution in [2.75, 3.05) is 0 Å². The van der Waals surface area contributed by atoms with E-state index in [2.05, 4.69) is 72.9 Å². The number of nitrogens with one attached hydrogen (secondary N) is 3. The van der Waals surface area contributed by atoms with Crippen molar-refractivity contribution in [2.45, 2.75) is 13.1 Å². The van der Waals surface area contributed by atoms with Crippen molar-refractivity contribution in [3.05, 3.63) is 127 Å². The van der Waals surface area contributed by atoms with Crippen LogP contribution < -0.4 is 5.32 Å². The molecule has 194 valence electrons. The van der Waals surface area contributed by atoms with E-state index in [1.54, 1.807) is 12.3 Å². The highest BCUT2D eigenvalue weighted by Gasteiger charge is 2.15. The first-order chi connectivity index (χ1) is 19.7. The van der Waals surface area contributed by atoms with Gasteiger partial charge in [0.25, 0.3) is 0 Å². The zero-order valence-electron chi connectivity index (χ0n) is 21.5. The Labute approximate surface area is 230 Å². The molecule has 0 saturated carbocycles. The molecule has 0 amide bonds. The molecule has 3 aromatic carbocycles. The number of fused-ring (bicyclic) bond motifs is 2. The molecule has 4 aromatic heterocycles. The summed E-state index contributed by atoms with van der Waals surface area (Å²) in [5.41, 5.74) is 9.48. The summed E-state index contributed by atoms with van der Waals surface area (Å²) >= 11 is 0. The number of pyridine rings is 2. The first kappa shape index (κ1) is 23.9. The molecule has 4 heterocycles. The summed E-state index contributed by atoms with van der Waals surface area (Å²) in [5, 5.41) is 13.2. The van der Waals surface area contributed by atoms with Crippen LogP contribution in [0.1, 0.15) is 11.1 Å². The number of aromatic nitrogens is 5. The Kier molecular flexibility index (Phi) is 6.11. The summed E-state index contributed by atoms with van der Waals surface area (Å²) < 4.78 is 13.9. The second kappa shape index (κ2) is 10.2. The van der Waals surface area contributed by atoms with Crippen molar-refractivity contribution in [1.29, 1.82) is 0 Å². The highest BCUT2D eigenvalue weighted by molar-refractivity contribution is 6.00. The van der Waals surface area contributed by atoms with Gasteiger partial charge in [-0.15, -0.1) is 0 Å². The maximum absolute atomic E-state index is 13.9. The summed E-state index contributed by atoms with van der Waals surface area (Å²) in [6.45, 7) is 1.53. The highest BCUT2D eigenvalue weighted by Crippen LogP contribution is 2.34.